The zero-order valence-electron chi connectivity index (χ0n) is 13.0. The molecule has 0 spiro atoms. The zero-order valence-corrected chi connectivity index (χ0v) is 13.0. The third kappa shape index (κ3) is 2.47. The first-order valence-electron chi connectivity index (χ1n) is 7.55. The summed E-state index contributed by atoms with van der Waals surface area (Å²) in [4.78, 5) is 0. The lowest BCUT2D eigenvalue weighted by atomic mass is 9.83. The quantitative estimate of drug-likeness (QED) is 0.923. The minimum atomic E-state index is -1.24. The first-order chi connectivity index (χ1) is 11.1. The van der Waals surface area contributed by atoms with Crippen LogP contribution < -0.4 is 18.9 Å². The van der Waals surface area contributed by atoms with Crippen LogP contribution in [0.5, 0.6) is 23.0 Å². The number of hydrogen-bond acceptors (Lipinski definition) is 5. The molecule has 2 heterocycles. The van der Waals surface area contributed by atoms with E-state index in [1.807, 2.05) is 30.3 Å². The summed E-state index contributed by atoms with van der Waals surface area (Å²) in [6, 6.07) is 11.6. The normalized spacial score (nSPS) is 24.7. The van der Waals surface area contributed by atoms with E-state index in [0.29, 0.717) is 23.7 Å². The van der Waals surface area contributed by atoms with Crippen LogP contribution in [0.15, 0.2) is 36.4 Å². The van der Waals surface area contributed by atoms with Crippen molar-refractivity contribution in [3.8, 4) is 23.0 Å². The Hall–Kier alpha value is -2.40. The van der Waals surface area contributed by atoms with Gasteiger partial charge in [0, 0.05) is 30.9 Å². The highest BCUT2D eigenvalue weighted by Crippen LogP contribution is 2.49. The van der Waals surface area contributed by atoms with Crippen molar-refractivity contribution in [2.24, 2.45) is 0 Å². The summed E-state index contributed by atoms with van der Waals surface area (Å²) in [5.74, 6) is 1.51. The molecule has 0 fully saturated rings. The van der Waals surface area contributed by atoms with Gasteiger partial charge in [-0.1, -0.05) is 12.1 Å². The number of benzene rings is 2. The van der Waals surface area contributed by atoms with Gasteiger partial charge >= 0.3 is 0 Å². The fourth-order valence-electron chi connectivity index (χ4n) is 3.22. The van der Waals surface area contributed by atoms with Gasteiger partial charge in [0.25, 0.3) is 0 Å². The molecule has 2 aromatic carbocycles. The lowest BCUT2D eigenvalue weighted by molar-refractivity contribution is -0.137. The molecular weight excluding hydrogens is 296 g/mol. The molecule has 5 nitrogen and oxygen atoms in total. The van der Waals surface area contributed by atoms with Crippen molar-refractivity contribution in [3.05, 3.63) is 47.5 Å². The van der Waals surface area contributed by atoms with Crippen LogP contribution in [-0.4, -0.2) is 24.8 Å². The third-order valence-corrected chi connectivity index (χ3v) is 4.29. The molecule has 0 aromatic heterocycles. The lowest BCUT2D eigenvalue weighted by Gasteiger charge is -2.36. The molecule has 0 amide bonds. The Bertz CT molecular complexity index is 753. The number of fused-ring (bicyclic) bond motifs is 2. The Labute approximate surface area is 134 Å². The van der Waals surface area contributed by atoms with Crippen LogP contribution in [0.3, 0.4) is 0 Å². The van der Waals surface area contributed by atoms with E-state index in [1.165, 1.54) is 0 Å². The van der Waals surface area contributed by atoms with E-state index in [2.05, 4.69) is 0 Å². The minimum absolute atomic E-state index is 0.0154. The molecule has 0 bridgehead atoms. The van der Waals surface area contributed by atoms with Crippen molar-refractivity contribution < 1.29 is 24.1 Å². The van der Waals surface area contributed by atoms with Crippen LogP contribution in [0, 0.1) is 0 Å². The predicted molar refractivity (Wildman–Crippen MR) is 83.3 cm³/mol. The topological polar surface area (TPSA) is 57.2 Å². The molecule has 2 aliphatic heterocycles. The maximum absolute atomic E-state index is 10.5. The highest BCUT2D eigenvalue weighted by molar-refractivity contribution is 5.56. The summed E-state index contributed by atoms with van der Waals surface area (Å²) in [6.07, 6.45) is 0.451. The Kier molecular flexibility index (Phi) is 3.13. The number of rotatable bonds is 2. The van der Waals surface area contributed by atoms with Crippen molar-refractivity contribution in [1.29, 1.82) is 0 Å². The van der Waals surface area contributed by atoms with Crippen LogP contribution in [0.4, 0.5) is 0 Å². The Morgan fingerprint density at radius 1 is 1.13 bits per heavy atom. The first kappa shape index (κ1) is 14.2. The van der Waals surface area contributed by atoms with Crippen LogP contribution in [0.1, 0.15) is 30.4 Å². The highest BCUT2D eigenvalue weighted by atomic mass is 16.7. The summed E-state index contributed by atoms with van der Waals surface area (Å²) in [5, 5.41) is 10.5. The summed E-state index contributed by atoms with van der Waals surface area (Å²) < 4.78 is 21.9. The molecule has 0 aliphatic carbocycles. The molecule has 5 heteroatoms. The fourth-order valence-corrected chi connectivity index (χ4v) is 3.22. The second kappa shape index (κ2) is 5.06. The van der Waals surface area contributed by atoms with Gasteiger partial charge in [-0.15, -0.1) is 0 Å². The molecule has 120 valence electrons. The number of methoxy groups -OCH3 is 1. The molecule has 2 aliphatic rings. The molecule has 2 atom stereocenters. The monoisotopic (exact) mass is 314 g/mol. The second-order valence-corrected chi connectivity index (χ2v) is 6.05. The van der Waals surface area contributed by atoms with Gasteiger partial charge < -0.3 is 24.1 Å². The highest BCUT2D eigenvalue weighted by Gasteiger charge is 2.38. The standard InChI is InChI=1S/C18H18O5/c1-18(19)9-14(11-4-3-5-12(6-11)20-2)13-7-16-17(22-10-21-16)8-15(13)23-18/h3-8,14,19H,9-10H2,1-2H3/t14-,18-/m0/s1. The maximum atomic E-state index is 10.5. The largest absolute Gasteiger partial charge is 0.497 e. The first-order valence-corrected chi connectivity index (χ1v) is 7.55. The molecular formula is C18H18O5. The molecule has 23 heavy (non-hydrogen) atoms. The lowest BCUT2D eigenvalue weighted by Crippen LogP contribution is -2.38. The average Bonchev–Trinajstić information content (AvgIpc) is 2.98. The van der Waals surface area contributed by atoms with Gasteiger partial charge in [-0.2, -0.15) is 0 Å². The Morgan fingerprint density at radius 2 is 1.91 bits per heavy atom. The zero-order chi connectivity index (χ0) is 16.0. The molecule has 0 radical (unpaired) electrons. The van der Waals surface area contributed by atoms with Crippen molar-refractivity contribution in [3.63, 3.8) is 0 Å². The van der Waals surface area contributed by atoms with Crippen molar-refractivity contribution in [2.45, 2.75) is 25.0 Å². The summed E-state index contributed by atoms with van der Waals surface area (Å²) in [5.41, 5.74) is 2.04. The molecule has 2 aromatic rings. The molecule has 0 saturated heterocycles. The smallest absolute Gasteiger partial charge is 0.231 e. The number of aliphatic hydroxyl groups is 1. The molecule has 4 rings (SSSR count). The molecule has 1 N–H and O–H groups in total. The Balaban J connectivity index is 1.84. The van der Waals surface area contributed by atoms with Gasteiger partial charge in [-0.25, -0.2) is 0 Å². The fraction of sp³-hybridized carbons (Fsp3) is 0.333. The van der Waals surface area contributed by atoms with Gasteiger partial charge in [0.1, 0.15) is 11.5 Å². The van der Waals surface area contributed by atoms with Gasteiger partial charge in [0.2, 0.25) is 12.6 Å². The average molecular weight is 314 g/mol. The summed E-state index contributed by atoms with van der Waals surface area (Å²) in [6.45, 7) is 1.88. The number of hydrogen-bond donors (Lipinski definition) is 1. The van der Waals surface area contributed by atoms with E-state index in [9.17, 15) is 5.11 Å². The van der Waals surface area contributed by atoms with Crippen LogP contribution >= 0.6 is 0 Å². The van der Waals surface area contributed by atoms with E-state index >= 15 is 0 Å². The van der Waals surface area contributed by atoms with Crippen LogP contribution in [0.25, 0.3) is 0 Å². The summed E-state index contributed by atoms with van der Waals surface area (Å²) in [7, 11) is 1.64. The number of ether oxygens (including phenoxy) is 4. The third-order valence-electron chi connectivity index (χ3n) is 4.29. The van der Waals surface area contributed by atoms with Gasteiger partial charge in [0.15, 0.2) is 11.5 Å². The van der Waals surface area contributed by atoms with Crippen molar-refractivity contribution in [2.75, 3.05) is 13.9 Å². The minimum Gasteiger partial charge on any atom is -0.497 e. The van der Waals surface area contributed by atoms with Crippen molar-refractivity contribution in [1.82, 2.24) is 0 Å². The van der Waals surface area contributed by atoms with E-state index in [-0.39, 0.29) is 12.7 Å². The molecule has 0 saturated carbocycles. The van der Waals surface area contributed by atoms with E-state index in [1.54, 1.807) is 20.1 Å². The Morgan fingerprint density at radius 3 is 2.70 bits per heavy atom. The van der Waals surface area contributed by atoms with E-state index in [4.69, 9.17) is 18.9 Å². The second-order valence-electron chi connectivity index (χ2n) is 6.05. The van der Waals surface area contributed by atoms with Crippen molar-refractivity contribution >= 4 is 0 Å². The predicted octanol–water partition coefficient (Wildman–Crippen LogP) is 3.05. The van der Waals surface area contributed by atoms with E-state index in [0.717, 1.165) is 16.9 Å². The molecule has 0 unspecified atom stereocenters. The van der Waals surface area contributed by atoms with Gasteiger partial charge in [-0.05, 0) is 23.8 Å². The SMILES string of the molecule is COc1cccc([C@@H]2C[C@@](C)(O)Oc3cc4c(cc32)OCO4)c1. The van der Waals surface area contributed by atoms with Gasteiger partial charge in [0.05, 0.1) is 7.11 Å². The van der Waals surface area contributed by atoms with Crippen LogP contribution in [0.2, 0.25) is 0 Å². The summed E-state index contributed by atoms with van der Waals surface area (Å²) >= 11 is 0. The maximum Gasteiger partial charge on any atom is 0.231 e. The van der Waals surface area contributed by atoms with Crippen LogP contribution in [-0.2, 0) is 0 Å². The van der Waals surface area contributed by atoms with Gasteiger partial charge in [-0.3, -0.25) is 0 Å². The van der Waals surface area contributed by atoms with E-state index < -0.39 is 5.79 Å².